The van der Waals surface area contributed by atoms with Gasteiger partial charge in [0, 0.05) is 18.6 Å². The first kappa shape index (κ1) is 15.2. The SMILES string of the molecule is CCC(CN)(Cc1ccccc1)N(C)CC(C)C. The lowest BCUT2D eigenvalue weighted by molar-refractivity contribution is 0.106. The molecule has 1 rings (SSSR count). The lowest BCUT2D eigenvalue weighted by Gasteiger charge is -2.42. The molecule has 18 heavy (non-hydrogen) atoms. The second-order valence-electron chi connectivity index (χ2n) is 5.72. The van der Waals surface area contributed by atoms with Gasteiger partial charge in [-0.3, -0.25) is 4.90 Å². The molecule has 1 atom stereocenters. The van der Waals surface area contributed by atoms with Crippen molar-refractivity contribution in [3.05, 3.63) is 35.9 Å². The van der Waals surface area contributed by atoms with Crippen LogP contribution in [-0.2, 0) is 6.42 Å². The van der Waals surface area contributed by atoms with E-state index in [4.69, 9.17) is 5.73 Å². The summed E-state index contributed by atoms with van der Waals surface area (Å²) >= 11 is 0. The Labute approximate surface area is 112 Å². The summed E-state index contributed by atoms with van der Waals surface area (Å²) in [6.07, 6.45) is 2.12. The predicted octanol–water partition coefficient (Wildman–Crippen LogP) is 2.92. The van der Waals surface area contributed by atoms with Gasteiger partial charge in [0.05, 0.1) is 0 Å². The number of hydrogen-bond donors (Lipinski definition) is 1. The van der Waals surface area contributed by atoms with Crippen molar-refractivity contribution in [1.82, 2.24) is 4.90 Å². The maximum absolute atomic E-state index is 6.10. The smallest absolute Gasteiger partial charge is 0.0366 e. The summed E-state index contributed by atoms with van der Waals surface area (Å²) in [6, 6.07) is 10.7. The van der Waals surface area contributed by atoms with Crippen LogP contribution in [0.15, 0.2) is 30.3 Å². The molecule has 1 unspecified atom stereocenters. The second kappa shape index (κ2) is 6.91. The van der Waals surface area contributed by atoms with E-state index >= 15 is 0 Å². The van der Waals surface area contributed by atoms with Crippen molar-refractivity contribution in [2.75, 3.05) is 20.1 Å². The number of rotatable bonds is 7. The van der Waals surface area contributed by atoms with Gasteiger partial charge >= 0.3 is 0 Å². The van der Waals surface area contributed by atoms with Gasteiger partial charge < -0.3 is 5.73 Å². The van der Waals surface area contributed by atoms with Crippen LogP contribution in [0.5, 0.6) is 0 Å². The van der Waals surface area contributed by atoms with Crippen LogP contribution in [0.3, 0.4) is 0 Å². The Kier molecular flexibility index (Phi) is 5.83. The van der Waals surface area contributed by atoms with Crippen LogP contribution in [-0.4, -0.2) is 30.6 Å². The van der Waals surface area contributed by atoms with Gasteiger partial charge in [-0.25, -0.2) is 0 Å². The number of likely N-dealkylation sites (N-methyl/N-ethyl adjacent to an activating group) is 1. The monoisotopic (exact) mass is 248 g/mol. The third kappa shape index (κ3) is 3.82. The Bertz CT molecular complexity index is 328. The molecule has 0 spiro atoms. The number of benzene rings is 1. The summed E-state index contributed by atoms with van der Waals surface area (Å²) < 4.78 is 0. The zero-order chi connectivity index (χ0) is 13.6. The first-order valence-corrected chi connectivity index (χ1v) is 6.99. The fourth-order valence-electron chi connectivity index (χ4n) is 2.62. The van der Waals surface area contributed by atoms with E-state index in [2.05, 4.69) is 63.1 Å². The Hall–Kier alpha value is -0.860. The van der Waals surface area contributed by atoms with E-state index in [9.17, 15) is 0 Å². The molecule has 0 aliphatic rings. The van der Waals surface area contributed by atoms with Crippen LogP contribution >= 0.6 is 0 Å². The Morgan fingerprint density at radius 3 is 2.28 bits per heavy atom. The van der Waals surface area contributed by atoms with E-state index in [0.717, 1.165) is 19.4 Å². The standard InChI is InChI=1S/C16H28N2/c1-5-16(13-17,18(4)12-14(2)3)11-15-9-7-6-8-10-15/h6-10,14H,5,11-13,17H2,1-4H3. The molecule has 2 N–H and O–H groups in total. The zero-order valence-corrected chi connectivity index (χ0v) is 12.3. The van der Waals surface area contributed by atoms with Crippen molar-refractivity contribution in [2.45, 2.75) is 39.2 Å². The van der Waals surface area contributed by atoms with Gasteiger partial charge in [-0.2, -0.15) is 0 Å². The van der Waals surface area contributed by atoms with Crippen LogP contribution in [0.2, 0.25) is 0 Å². The highest BCUT2D eigenvalue weighted by Crippen LogP contribution is 2.23. The average Bonchev–Trinajstić information content (AvgIpc) is 2.36. The molecule has 1 aromatic rings. The molecule has 1 aromatic carbocycles. The second-order valence-corrected chi connectivity index (χ2v) is 5.72. The summed E-state index contributed by atoms with van der Waals surface area (Å²) in [7, 11) is 2.21. The molecule has 0 heterocycles. The molecule has 0 radical (unpaired) electrons. The average molecular weight is 248 g/mol. The Morgan fingerprint density at radius 1 is 1.22 bits per heavy atom. The molecular formula is C16H28N2. The highest BCUT2D eigenvalue weighted by atomic mass is 15.2. The lowest BCUT2D eigenvalue weighted by Crippen LogP contribution is -2.54. The van der Waals surface area contributed by atoms with Gasteiger partial charge in [-0.1, -0.05) is 51.1 Å². The van der Waals surface area contributed by atoms with Gasteiger partial charge in [-0.15, -0.1) is 0 Å². The minimum atomic E-state index is 0.0889. The molecule has 0 aromatic heterocycles. The van der Waals surface area contributed by atoms with Gasteiger partial charge in [0.2, 0.25) is 0 Å². The van der Waals surface area contributed by atoms with Crippen LogP contribution < -0.4 is 5.73 Å². The van der Waals surface area contributed by atoms with E-state index in [-0.39, 0.29) is 5.54 Å². The van der Waals surface area contributed by atoms with Gasteiger partial charge in [0.1, 0.15) is 0 Å². The summed E-state index contributed by atoms with van der Waals surface area (Å²) in [4.78, 5) is 2.45. The summed E-state index contributed by atoms with van der Waals surface area (Å²) in [5, 5.41) is 0. The zero-order valence-electron chi connectivity index (χ0n) is 12.3. The number of nitrogens with zero attached hydrogens (tertiary/aromatic N) is 1. The van der Waals surface area contributed by atoms with Crippen molar-refractivity contribution in [3.8, 4) is 0 Å². The van der Waals surface area contributed by atoms with Crippen molar-refractivity contribution < 1.29 is 0 Å². The molecule has 2 heteroatoms. The van der Waals surface area contributed by atoms with E-state index in [1.807, 2.05) is 0 Å². The van der Waals surface area contributed by atoms with Crippen molar-refractivity contribution in [2.24, 2.45) is 11.7 Å². The molecule has 0 aliphatic heterocycles. The van der Waals surface area contributed by atoms with E-state index in [0.29, 0.717) is 12.5 Å². The Balaban J connectivity index is 2.86. The molecule has 0 saturated heterocycles. The summed E-state index contributed by atoms with van der Waals surface area (Å²) in [5.74, 6) is 0.670. The third-order valence-electron chi connectivity index (χ3n) is 3.86. The predicted molar refractivity (Wildman–Crippen MR) is 79.7 cm³/mol. The van der Waals surface area contributed by atoms with Crippen molar-refractivity contribution >= 4 is 0 Å². The van der Waals surface area contributed by atoms with E-state index < -0.39 is 0 Å². The molecule has 2 nitrogen and oxygen atoms in total. The minimum Gasteiger partial charge on any atom is -0.329 e. The molecule has 0 saturated carbocycles. The topological polar surface area (TPSA) is 29.3 Å². The number of hydrogen-bond acceptors (Lipinski definition) is 2. The van der Waals surface area contributed by atoms with Gasteiger partial charge in [0.25, 0.3) is 0 Å². The molecular weight excluding hydrogens is 220 g/mol. The summed E-state index contributed by atoms with van der Waals surface area (Å²) in [5.41, 5.74) is 7.57. The maximum atomic E-state index is 6.10. The molecule has 0 amide bonds. The molecule has 0 fully saturated rings. The lowest BCUT2D eigenvalue weighted by atomic mass is 9.86. The first-order valence-electron chi connectivity index (χ1n) is 6.99. The fraction of sp³-hybridized carbons (Fsp3) is 0.625. The van der Waals surface area contributed by atoms with E-state index in [1.165, 1.54) is 5.56 Å². The quantitative estimate of drug-likeness (QED) is 0.804. The molecule has 102 valence electrons. The number of nitrogens with two attached hydrogens (primary N) is 1. The minimum absolute atomic E-state index is 0.0889. The van der Waals surface area contributed by atoms with Gasteiger partial charge in [-0.05, 0) is 31.4 Å². The Morgan fingerprint density at radius 2 is 1.83 bits per heavy atom. The third-order valence-corrected chi connectivity index (χ3v) is 3.86. The normalized spacial score (nSPS) is 15.1. The molecule has 0 bridgehead atoms. The highest BCUT2D eigenvalue weighted by Gasteiger charge is 2.31. The van der Waals surface area contributed by atoms with Crippen LogP contribution in [0.4, 0.5) is 0 Å². The highest BCUT2D eigenvalue weighted by molar-refractivity contribution is 5.18. The van der Waals surface area contributed by atoms with Crippen LogP contribution in [0, 0.1) is 5.92 Å². The van der Waals surface area contributed by atoms with Gasteiger partial charge in [0.15, 0.2) is 0 Å². The fourth-order valence-corrected chi connectivity index (χ4v) is 2.62. The van der Waals surface area contributed by atoms with Crippen LogP contribution in [0.25, 0.3) is 0 Å². The van der Waals surface area contributed by atoms with Crippen LogP contribution in [0.1, 0.15) is 32.8 Å². The van der Waals surface area contributed by atoms with Crippen molar-refractivity contribution in [3.63, 3.8) is 0 Å². The first-order chi connectivity index (χ1) is 8.54. The maximum Gasteiger partial charge on any atom is 0.0366 e. The summed E-state index contributed by atoms with van der Waals surface area (Å²) in [6.45, 7) is 8.57. The largest absolute Gasteiger partial charge is 0.329 e. The van der Waals surface area contributed by atoms with Crippen molar-refractivity contribution in [1.29, 1.82) is 0 Å². The van der Waals surface area contributed by atoms with E-state index in [1.54, 1.807) is 0 Å². The molecule has 0 aliphatic carbocycles.